The van der Waals surface area contributed by atoms with Crippen molar-refractivity contribution in [3.05, 3.63) is 35.5 Å². The minimum Gasteiger partial charge on any atom is -0.493 e. The van der Waals surface area contributed by atoms with Gasteiger partial charge in [-0.2, -0.15) is 0 Å². The molecule has 0 amide bonds. The number of ether oxygens (including phenoxy) is 1. The van der Waals surface area contributed by atoms with Crippen LogP contribution in [0.15, 0.2) is 33.7 Å². The summed E-state index contributed by atoms with van der Waals surface area (Å²) in [5.41, 5.74) is 1.49. The van der Waals surface area contributed by atoms with E-state index in [2.05, 4.69) is 9.88 Å². The Morgan fingerprint density at radius 1 is 1.23 bits per heavy atom. The van der Waals surface area contributed by atoms with Gasteiger partial charge in [0.1, 0.15) is 5.75 Å². The van der Waals surface area contributed by atoms with E-state index in [-0.39, 0.29) is 16.2 Å². The maximum Gasteiger partial charge on any atom is 0.264 e. The molecule has 0 atom stereocenters. The summed E-state index contributed by atoms with van der Waals surface area (Å²) >= 11 is 0. The maximum atomic E-state index is 12.4. The highest BCUT2D eigenvalue weighted by Crippen LogP contribution is 2.29. The zero-order valence-electron chi connectivity index (χ0n) is 12.7. The molecule has 0 fully saturated rings. The van der Waals surface area contributed by atoms with Gasteiger partial charge in [-0.25, -0.2) is 13.1 Å². The molecule has 0 bridgehead atoms. The Morgan fingerprint density at radius 2 is 2.00 bits per heavy atom. The highest BCUT2D eigenvalue weighted by Gasteiger charge is 2.23. The molecular formula is C15H18N2O4S. The minimum atomic E-state index is -3.73. The van der Waals surface area contributed by atoms with Crippen molar-refractivity contribution < 1.29 is 17.7 Å². The molecular weight excluding hydrogens is 304 g/mol. The Bertz CT molecular complexity index is 803. The van der Waals surface area contributed by atoms with E-state index in [1.807, 2.05) is 20.8 Å². The van der Waals surface area contributed by atoms with Crippen LogP contribution >= 0.6 is 0 Å². The zero-order valence-corrected chi connectivity index (χ0v) is 13.5. The second-order valence-electron chi connectivity index (χ2n) is 6.30. The van der Waals surface area contributed by atoms with Crippen LogP contribution in [0.2, 0.25) is 0 Å². The highest BCUT2D eigenvalue weighted by molar-refractivity contribution is 7.92. The zero-order chi connectivity index (χ0) is 16.0. The first-order chi connectivity index (χ1) is 10.3. The van der Waals surface area contributed by atoms with E-state index in [4.69, 9.17) is 9.26 Å². The number of nitrogens with zero attached hydrogens (tertiary/aromatic N) is 1. The third-order valence-corrected chi connectivity index (χ3v) is 4.84. The third-order valence-electron chi connectivity index (χ3n) is 3.49. The van der Waals surface area contributed by atoms with Crippen LogP contribution in [0.25, 0.3) is 0 Å². The Kier molecular flexibility index (Phi) is 3.40. The molecule has 6 nitrogen and oxygen atoms in total. The SMILES string of the molecule is CC(C)(C)c1cc(NS(=O)(=O)c2ccc3c(c2)OCC3)on1. The van der Waals surface area contributed by atoms with Gasteiger partial charge in [-0.1, -0.05) is 32.0 Å². The molecule has 0 radical (unpaired) electrons. The van der Waals surface area contributed by atoms with E-state index in [0.29, 0.717) is 18.1 Å². The predicted molar refractivity (Wildman–Crippen MR) is 81.7 cm³/mol. The molecule has 22 heavy (non-hydrogen) atoms. The number of hydrogen-bond donors (Lipinski definition) is 1. The monoisotopic (exact) mass is 322 g/mol. The van der Waals surface area contributed by atoms with E-state index in [0.717, 1.165) is 12.0 Å². The summed E-state index contributed by atoms with van der Waals surface area (Å²) < 4.78 is 37.7. The van der Waals surface area contributed by atoms with Crippen molar-refractivity contribution >= 4 is 15.9 Å². The van der Waals surface area contributed by atoms with Crippen molar-refractivity contribution in [1.29, 1.82) is 0 Å². The van der Waals surface area contributed by atoms with Crippen LogP contribution in [-0.2, 0) is 21.9 Å². The van der Waals surface area contributed by atoms with Gasteiger partial charge in [0.2, 0.25) is 5.88 Å². The van der Waals surface area contributed by atoms with Crippen LogP contribution < -0.4 is 9.46 Å². The average Bonchev–Trinajstić information content (AvgIpc) is 3.04. The predicted octanol–water partition coefficient (Wildman–Crippen LogP) is 2.71. The quantitative estimate of drug-likeness (QED) is 0.939. The summed E-state index contributed by atoms with van der Waals surface area (Å²) in [4.78, 5) is 0.141. The number of rotatable bonds is 3. The molecule has 2 heterocycles. The van der Waals surface area contributed by atoms with Gasteiger partial charge < -0.3 is 9.26 Å². The fraction of sp³-hybridized carbons (Fsp3) is 0.400. The topological polar surface area (TPSA) is 81.4 Å². The van der Waals surface area contributed by atoms with Crippen molar-refractivity contribution in [2.75, 3.05) is 11.3 Å². The fourth-order valence-electron chi connectivity index (χ4n) is 2.18. The third kappa shape index (κ3) is 2.81. The molecule has 1 aromatic heterocycles. The number of aromatic nitrogens is 1. The normalized spacial score (nSPS) is 14.5. The van der Waals surface area contributed by atoms with Crippen LogP contribution in [-0.4, -0.2) is 20.2 Å². The van der Waals surface area contributed by atoms with E-state index in [9.17, 15) is 8.42 Å². The largest absolute Gasteiger partial charge is 0.493 e. The first-order valence-corrected chi connectivity index (χ1v) is 8.50. The van der Waals surface area contributed by atoms with Gasteiger partial charge in [0.05, 0.1) is 17.2 Å². The lowest BCUT2D eigenvalue weighted by atomic mass is 9.92. The summed E-state index contributed by atoms with van der Waals surface area (Å²) in [6.07, 6.45) is 0.806. The lowest BCUT2D eigenvalue weighted by Crippen LogP contribution is -2.13. The minimum absolute atomic E-state index is 0.103. The van der Waals surface area contributed by atoms with Crippen LogP contribution in [0.5, 0.6) is 5.75 Å². The molecule has 0 saturated carbocycles. The number of sulfonamides is 1. The molecule has 1 aromatic carbocycles. The lowest BCUT2D eigenvalue weighted by Gasteiger charge is -2.12. The molecule has 0 saturated heterocycles. The fourth-order valence-corrected chi connectivity index (χ4v) is 3.17. The number of anilines is 1. The number of fused-ring (bicyclic) bond motifs is 1. The maximum absolute atomic E-state index is 12.4. The molecule has 0 aliphatic carbocycles. The van der Waals surface area contributed by atoms with Crippen molar-refractivity contribution in [2.24, 2.45) is 0 Å². The molecule has 7 heteroatoms. The molecule has 0 spiro atoms. The second kappa shape index (κ2) is 5.01. The van der Waals surface area contributed by atoms with Crippen molar-refractivity contribution in [2.45, 2.75) is 37.5 Å². The van der Waals surface area contributed by atoms with Crippen molar-refractivity contribution in [3.63, 3.8) is 0 Å². The molecule has 3 rings (SSSR count). The Balaban J connectivity index is 1.86. The Morgan fingerprint density at radius 3 is 2.68 bits per heavy atom. The number of benzene rings is 1. The Hall–Kier alpha value is -2.02. The first-order valence-electron chi connectivity index (χ1n) is 7.01. The highest BCUT2D eigenvalue weighted by atomic mass is 32.2. The van der Waals surface area contributed by atoms with E-state index in [1.165, 1.54) is 6.07 Å². The van der Waals surface area contributed by atoms with Crippen LogP contribution in [0, 0.1) is 0 Å². The van der Waals surface area contributed by atoms with Gasteiger partial charge >= 0.3 is 0 Å². The van der Waals surface area contributed by atoms with Gasteiger partial charge in [0.15, 0.2) is 0 Å². The number of nitrogens with one attached hydrogen (secondary N) is 1. The molecule has 2 aromatic rings. The summed E-state index contributed by atoms with van der Waals surface area (Å²) in [6, 6.07) is 6.47. The first kappa shape index (κ1) is 14.9. The van der Waals surface area contributed by atoms with Gasteiger partial charge in [-0.05, 0) is 11.6 Å². The van der Waals surface area contributed by atoms with Crippen LogP contribution in [0.4, 0.5) is 5.88 Å². The smallest absolute Gasteiger partial charge is 0.264 e. The molecule has 1 N–H and O–H groups in total. The van der Waals surface area contributed by atoms with E-state index >= 15 is 0 Å². The molecule has 0 unspecified atom stereocenters. The molecule has 1 aliphatic rings. The van der Waals surface area contributed by atoms with Crippen LogP contribution in [0.3, 0.4) is 0 Å². The second-order valence-corrected chi connectivity index (χ2v) is 7.98. The van der Waals surface area contributed by atoms with E-state index in [1.54, 1.807) is 18.2 Å². The summed E-state index contributed by atoms with van der Waals surface area (Å²) in [5.74, 6) is 0.724. The standard InChI is InChI=1S/C15H18N2O4S/c1-15(2,3)13-9-14(21-16-13)17-22(18,19)11-5-4-10-6-7-20-12(10)8-11/h4-5,8-9,17H,6-7H2,1-3H3. The van der Waals surface area contributed by atoms with Gasteiger partial charge in [-0.15, -0.1) is 0 Å². The molecule has 118 valence electrons. The Labute approximate surface area is 129 Å². The van der Waals surface area contributed by atoms with Crippen molar-refractivity contribution in [1.82, 2.24) is 5.16 Å². The molecule has 1 aliphatic heterocycles. The lowest BCUT2D eigenvalue weighted by molar-refractivity contribution is 0.356. The average molecular weight is 322 g/mol. The van der Waals surface area contributed by atoms with Crippen molar-refractivity contribution in [3.8, 4) is 5.75 Å². The van der Waals surface area contributed by atoms with E-state index < -0.39 is 10.0 Å². The summed E-state index contributed by atoms with van der Waals surface area (Å²) in [5, 5.41) is 3.90. The van der Waals surface area contributed by atoms with Gasteiger partial charge in [0, 0.05) is 24.0 Å². The van der Waals surface area contributed by atoms with Crippen LogP contribution in [0.1, 0.15) is 32.0 Å². The summed E-state index contributed by atoms with van der Waals surface area (Å²) in [6.45, 7) is 6.51. The van der Waals surface area contributed by atoms with Gasteiger partial charge in [0.25, 0.3) is 10.0 Å². The summed E-state index contributed by atoms with van der Waals surface area (Å²) in [7, 11) is -3.73. The number of hydrogen-bond acceptors (Lipinski definition) is 5. The van der Waals surface area contributed by atoms with Gasteiger partial charge in [-0.3, -0.25) is 0 Å².